The Balaban J connectivity index is 0.997. The van der Waals surface area contributed by atoms with Crippen molar-refractivity contribution in [2.45, 2.75) is 0 Å². The summed E-state index contributed by atoms with van der Waals surface area (Å²) in [6, 6.07) is 64.4. The Hall–Kier alpha value is -8.22. The minimum Gasteiger partial charge on any atom is -0.248 e. The van der Waals surface area contributed by atoms with E-state index in [1.165, 1.54) is 18.2 Å². The topological polar surface area (TPSA) is 77.3 Å². The van der Waals surface area contributed by atoms with E-state index < -0.39 is 0 Å². The maximum Gasteiger partial charge on any atom is 0.115 e. The van der Waals surface area contributed by atoms with Gasteiger partial charge in [-0.1, -0.05) is 115 Å². The molecule has 0 radical (unpaired) electrons. The SMILES string of the molecule is c1ccc(-c2cc(-c3cccc(-c4cccc(-c5cccc(-c6cncnc6)n5)c4)c3)cc(-c3cccc(-c4cccc(-c5cccc(-c6cncnc6)n5)c4)c3)c2)cc1. The molecule has 6 aromatic carbocycles. The minimum atomic E-state index is 0.840. The van der Waals surface area contributed by atoms with E-state index in [4.69, 9.17) is 9.97 Å². The smallest absolute Gasteiger partial charge is 0.115 e. The molecule has 0 aliphatic carbocycles. The Bertz CT molecular complexity index is 2910. The molecule has 0 saturated carbocycles. The summed E-state index contributed by atoms with van der Waals surface area (Å²) in [4.78, 5) is 26.6. The summed E-state index contributed by atoms with van der Waals surface area (Å²) in [5.41, 5.74) is 18.7. The number of aromatic nitrogens is 6. The monoisotopic (exact) mass is 768 g/mol. The van der Waals surface area contributed by atoms with E-state index in [1.807, 2.05) is 36.4 Å². The third-order valence-corrected chi connectivity index (χ3v) is 10.6. The number of benzene rings is 6. The van der Waals surface area contributed by atoms with Gasteiger partial charge in [-0.05, 0) is 122 Å². The normalized spacial score (nSPS) is 11.0. The fraction of sp³-hybridized carbons (Fsp3) is 0. The van der Waals surface area contributed by atoms with Crippen LogP contribution in [0.3, 0.4) is 0 Å². The predicted octanol–water partition coefficient (Wildman–Crippen LogP) is 13.1. The maximum atomic E-state index is 4.96. The molecule has 282 valence electrons. The summed E-state index contributed by atoms with van der Waals surface area (Å²) in [6.07, 6.45) is 10.2. The lowest BCUT2D eigenvalue weighted by atomic mass is 9.91. The molecular formula is C54H36N6. The minimum absolute atomic E-state index is 0.840. The van der Waals surface area contributed by atoms with Gasteiger partial charge in [-0.25, -0.2) is 29.9 Å². The molecule has 0 bridgehead atoms. The maximum absolute atomic E-state index is 4.96. The summed E-state index contributed by atoms with van der Waals surface area (Å²) in [6.45, 7) is 0. The quantitative estimate of drug-likeness (QED) is 0.145. The van der Waals surface area contributed by atoms with Crippen LogP contribution in [-0.4, -0.2) is 29.9 Å². The average Bonchev–Trinajstić information content (AvgIpc) is 3.35. The van der Waals surface area contributed by atoms with Gasteiger partial charge in [-0.15, -0.1) is 0 Å². The second-order valence-corrected chi connectivity index (χ2v) is 14.6. The van der Waals surface area contributed by atoms with E-state index in [-0.39, 0.29) is 0 Å². The van der Waals surface area contributed by atoms with Gasteiger partial charge in [-0.3, -0.25) is 0 Å². The first kappa shape index (κ1) is 36.1. The molecule has 0 amide bonds. The van der Waals surface area contributed by atoms with Crippen molar-refractivity contribution in [1.29, 1.82) is 0 Å². The van der Waals surface area contributed by atoms with Crippen LogP contribution in [-0.2, 0) is 0 Å². The molecule has 0 aliphatic rings. The molecule has 0 spiro atoms. The molecule has 60 heavy (non-hydrogen) atoms. The van der Waals surface area contributed by atoms with Crippen molar-refractivity contribution in [2.75, 3.05) is 0 Å². The van der Waals surface area contributed by atoms with Gasteiger partial charge in [-0.2, -0.15) is 0 Å². The first-order valence-corrected chi connectivity index (χ1v) is 19.8. The molecular weight excluding hydrogens is 733 g/mol. The molecule has 4 heterocycles. The Morgan fingerprint density at radius 2 is 0.467 bits per heavy atom. The highest BCUT2D eigenvalue weighted by molar-refractivity contribution is 5.85. The van der Waals surface area contributed by atoms with Gasteiger partial charge in [0.25, 0.3) is 0 Å². The number of rotatable bonds is 9. The van der Waals surface area contributed by atoms with Crippen molar-refractivity contribution in [2.24, 2.45) is 0 Å². The van der Waals surface area contributed by atoms with Gasteiger partial charge < -0.3 is 0 Å². The molecule has 0 saturated heterocycles. The van der Waals surface area contributed by atoms with Crippen LogP contribution in [0, 0.1) is 0 Å². The van der Waals surface area contributed by atoms with Gasteiger partial charge in [0.2, 0.25) is 0 Å². The van der Waals surface area contributed by atoms with Crippen molar-refractivity contribution in [1.82, 2.24) is 29.9 Å². The fourth-order valence-corrected chi connectivity index (χ4v) is 7.61. The Labute approximate surface area is 348 Å². The standard InChI is InChI=1S/C54H36N6/c1-2-10-37(11-3-1)46-28-47(42-16-4-12-38(24-42)40-14-6-18-44(26-40)51-20-8-22-53(59-51)49-31-55-35-56-32-49)30-48(29-46)43-17-5-13-39(25-43)41-15-7-19-45(27-41)52-21-9-23-54(60-52)50-33-57-36-58-34-50/h1-36H. The van der Waals surface area contributed by atoms with Crippen LogP contribution >= 0.6 is 0 Å². The summed E-state index contributed by atoms with van der Waals surface area (Å²) < 4.78 is 0. The third kappa shape index (κ3) is 7.73. The number of hydrogen-bond donors (Lipinski definition) is 0. The van der Waals surface area contributed by atoms with E-state index in [0.29, 0.717) is 0 Å². The highest BCUT2D eigenvalue weighted by Crippen LogP contribution is 2.37. The zero-order valence-electron chi connectivity index (χ0n) is 32.5. The first-order valence-electron chi connectivity index (χ1n) is 19.8. The molecule has 4 aromatic heterocycles. The van der Waals surface area contributed by atoms with E-state index in [9.17, 15) is 0 Å². The van der Waals surface area contributed by atoms with Crippen LogP contribution < -0.4 is 0 Å². The van der Waals surface area contributed by atoms with Crippen molar-refractivity contribution in [3.05, 3.63) is 219 Å². The van der Waals surface area contributed by atoms with Crippen molar-refractivity contribution < 1.29 is 0 Å². The second kappa shape index (κ2) is 16.3. The van der Waals surface area contributed by atoms with Crippen LogP contribution in [0.2, 0.25) is 0 Å². The number of nitrogens with zero attached hydrogens (tertiary/aromatic N) is 6. The summed E-state index contributed by atoms with van der Waals surface area (Å²) >= 11 is 0. The Morgan fingerprint density at radius 3 is 0.867 bits per heavy atom. The summed E-state index contributed by atoms with van der Waals surface area (Å²) in [5, 5.41) is 0. The lowest BCUT2D eigenvalue weighted by Gasteiger charge is -2.14. The van der Waals surface area contributed by atoms with E-state index >= 15 is 0 Å². The largest absolute Gasteiger partial charge is 0.248 e. The molecule has 10 rings (SSSR count). The molecule has 0 fully saturated rings. The molecule has 10 aromatic rings. The first-order chi connectivity index (χ1) is 29.7. The highest BCUT2D eigenvalue weighted by Gasteiger charge is 2.12. The lowest BCUT2D eigenvalue weighted by molar-refractivity contribution is 1.16. The Morgan fingerprint density at radius 1 is 0.200 bits per heavy atom. The lowest BCUT2D eigenvalue weighted by Crippen LogP contribution is -1.90. The van der Waals surface area contributed by atoms with Crippen molar-refractivity contribution in [3.8, 4) is 101 Å². The molecule has 0 N–H and O–H groups in total. The van der Waals surface area contributed by atoms with Gasteiger partial charge in [0, 0.05) is 47.0 Å². The van der Waals surface area contributed by atoms with Crippen LogP contribution in [0.25, 0.3) is 101 Å². The predicted molar refractivity (Wildman–Crippen MR) is 242 cm³/mol. The van der Waals surface area contributed by atoms with Gasteiger partial charge in [0.15, 0.2) is 0 Å². The van der Waals surface area contributed by atoms with Crippen LogP contribution in [0.1, 0.15) is 0 Å². The van der Waals surface area contributed by atoms with E-state index in [0.717, 1.165) is 95.1 Å². The summed E-state index contributed by atoms with van der Waals surface area (Å²) in [5.74, 6) is 0. The molecule has 0 aliphatic heterocycles. The fourth-order valence-electron chi connectivity index (χ4n) is 7.61. The van der Waals surface area contributed by atoms with Gasteiger partial charge in [0.1, 0.15) is 12.7 Å². The summed E-state index contributed by atoms with van der Waals surface area (Å²) in [7, 11) is 0. The average molecular weight is 769 g/mol. The zero-order valence-corrected chi connectivity index (χ0v) is 32.5. The van der Waals surface area contributed by atoms with Gasteiger partial charge >= 0.3 is 0 Å². The third-order valence-electron chi connectivity index (χ3n) is 10.6. The highest BCUT2D eigenvalue weighted by atomic mass is 14.8. The number of pyridine rings is 2. The van der Waals surface area contributed by atoms with E-state index in [2.05, 4.69) is 166 Å². The van der Waals surface area contributed by atoms with Crippen LogP contribution in [0.4, 0.5) is 0 Å². The van der Waals surface area contributed by atoms with Crippen molar-refractivity contribution >= 4 is 0 Å². The van der Waals surface area contributed by atoms with Crippen molar-refractivity contribution in [3.63, 3.8) is 0 Å². The molecule has 6 nitrogen and oxygen atoms in total. The Kier molecular flexibility index (Phi) is 9.84. The number of hydrogen-bond acceptors (Lipinski definition) is 6. The van der Waals surface area contributed by atoms with Crippen LogP contribution in [0.15, 0.2) is 219 Å². The zero-order chi connectivity index (χ0) is 40.1. The molecule has 0 atom stereocenters. The second-order valence-electron chi connectivity index (χ2n) is 14.6. The molecule has 0 unspecified atom stereocenters. The molecule has 6 heteroatoms. The van der Waals surface area contributed by atoms with Gasteiger partial charge in [0.05, 0.1) is 22.8 Å². The van der Waals surface area contributed by atoms with Crippen LogP contribution in [0.5, 0.6) is 0 Å². The van der Waals surface area contributed by atoms with E-state index in [1.54, 1.807) is 24.8 Å².